The SMILES string of the molecule is O=C(Cc1ccc(Cl)cc1)NCCOc1cccc(C(F)(F)F)c1. The molecule has 0 saturated heterocycles. The molecule has 2 rings (SSSR count). The van der Waals surface area contributed by atoms with Crippen molar-refractivity contribution < 1.29 is 22.7 Å². The largest absolute Gasteiger partial charge is 0.492 e. The molecule has 0 aliphatic rings. The Hall–Kier alpha value is -2.21. The van der Waals surface area contributed by atoms with Gasteiger partial charge in [0.2, 0.25) is 5.91 Å². The molecule has 0 aromatic heterocycles. The molecule has 0 aliphatic heterocycles. The fourth-order valence-electron chi connectivity index (χ4n) is 1.97. The van der Waals surface area contributed by atoms with E-state index in [1.807, 2.05) is 0 Å². The number of rotatable bonds is 6. The zero-order valence-electron chi connectivity index (χ0n) is 12.6. The van der Waals surface area contributed by atoms with Gasteiger partial charge in [-0.3, -0.25) is 4.79 Å². The molecular weight excluding hydrogens is 343 g/mol. The van der Waals surface area contributed by atoms with E-state index in [1.165, 1.54) is 12.1 Å². The van der Waals surface area contributed by atoms with Crippen LogP contribution in [-0.2, 0) is 17.4 Å². The van der Waals surface area contributed by atoms with E-state index < -0.39 is 11.7 Å². The van der Waals surface area contributed by atoms with E-state index in [9.17, 15) is 18.0 Å². The predicted molar refractivity (Wildman–Crippen MR) is 85.1 cm³/mol. The van der Waals surface area contributed by atoms with Gasteiger partial charge in [-0.15, -0.1) is 0 Å². The molecule has 2 aromatic carbocycles. The van der Waals surface area contributed by atoms with Crippen molar-refractivity contribution in [2.75, 3.05) is 13.2 Å². The summed E-state index contributed by atoms with van der Waals surface area (Å²) < 4.78 is 42.9. The highest BCUT2D eigenvalue weighted by Gasteiger charge is 2.30. The van der Waals surface area contributed by atoms with Gasteiger partial charge in [-0.05, 0) is 35.9 Å². The van der Waals surface area contributed by atoms with E-state index in [0.717, 1.165) is 17.7 Å². The van der Waals surface area contributed by atoms with Crippen molar-refractivity contribution in [3.05, 3.63) is 64.7 Å². The van der Waals surface area contributed by atoms with E-state index in [1.54, 1.807) is 24.3 Å². The summed E-state index contributed by atoms with van der Waals surface area (Å²) in [6.45, 7) is 0.274. The summed E-state index contributed by atoms with van der Waals surface area (Å²) in [6.07, 6.45) is -4.22. The Bertz CT molecular complexity index is 687. The molecule has 0 heterocycles. The Morgan fingerprint density at radius 1 is 1.12 bits per heavy atom. The van der Waals surface area contributed by atoms with Crippen molar-refractivity contribution in [1.82, 2.24) is 5.32 Å². The topological polar surface area (TPSA) is 38.3 Å². The lowest BCUT2D eigenvalue weighted by Gasteiger charge is -2.11. The zero-order valence-corrected chi connectivity index (χ0v) is 13.3. The second-order valence-electron chi connectivity index (χ2n) is 5.03. The molecule has 3 nitrogen and oxygen atoms in total. The van der Waals surface area contributed by atoms with Crippen molar-refractivity contribution in [3.8, 4) is 5.75 Å². The van der Waals surface area contributed by atoms with Crippen molar-refractivity contribution in [2.45, 2.75) is 12.6 Å². The highest BCUT2D eigenvalue weighted by Crippen LogP contribution is 2.31. The molecule has 128 valence electrons. The molecular formula is C17H15ClF3NO2. The monoisotopic (exact) mass is 357 g/mol. The van der Waals surface area contributed by atoms with Crippen molar-refractivity contribution in [3.63, 3.8) is 0 Å². The molecule has 0 saturated carbocycles. The number of hydrogen-bond acceptors (Lipinski definition) is 2. The van der Waals surface area contributed by atoms with Gasteiger partial charge in [0.15, 0.2) is 0 Å². The van der Waals surface area contributed by atoms with Gasteiger partial charge in [0.25, 0.3) is 0 Å². The Labute approximate surface area is 142 Å². The van der Waals surface area contributed by atoms with Crippen LogP contribution in [0.3, 0.4) is 0 Å². The number of halogens is 4. The highest BCUT2D eigenvalue weighted by molar-refractivity contribution is 6.30. The maximum atomic E-state index is 12.6. The predicted octanol–water partition coefficient (Wildman–Crippen LogP) is 4.10. The lowest BCUT2D eigenvalue weighted by molar-refractivity contribution is -0.137. The van der Waals surface area contributed by atoms with Crippen LogP contribution in [0.25, 0.3) is 0 Å². The first-order chi connectivity index (χ1) is 11.3. The van der Waals surface area contributed by atoms with Crippen LogP contribution in [0.5, 0.6) is 5.75 Å². The lowest BCUT2D eigenvalue weighted by Crippen LogP contribution is -2.29. The number of benzene rings is 2. The second kappa shape index (κ2) is 8.06. The molecule has 7 heteroatoms. The normalized spacial score (nSPS) is 11.2. The zero-order chi connectivity index (χ0) is 17.6. The summed E-state index contributed by atoms with van der Waals surface area (Å²) in [5.74, 6) is -0.0956. The van der Waals surface area contributed by atoms with Crippen LogP contribution in [-0.4, -0.2) is 19.1 Å². The van der Waals surface area contributed by atoms with Gasteiger partial charge in [0.05, 0.1) is 18.5 Å². The summed E-state index contributed by atoms with van der Waals surface area (Å²) in [4.78, 5) is 11.7. The first-order valence-electron chi connectivity index (χ1n) is 7.16. The summed E-state index contributed by atoms with van der Waals surface area (Å²) in [7, 11) is 0. The smallest absolute Gasteiger partial charge is 0.416 e. The molecule has 0 spiro atoms. The molecule has 2 aromatic rings. The quantitative estimate of drug-likeness (QED) is 0.791. The Kier molecular flexibility index (Phi) is 6.09. The van der Waals surface area contributed by atoms with Crippen LogP contribution < -0.4 is 10.1 Å². The van der Waals surface area contributed by atoms with Crippen molar-refractivity contribution in [2.24, 2.45) is 0 Å². The van der Waals surface area contributed by atoms with Crippen molar-refractivity contribution >= 4 is 17.5 Å². The third-order valence-electron chi connectivity index (χ3n) is 3.13. The molecule has 0 atom stereocenters. The van der Waals surface area contributed by atoms with Crippen LogP contribution >= 0.6 is 11.6 Å². The van der Waals surface area contributed by atoms with Gasteiger partial charge in [-0.25, -0.2) is 0 Å². The first-order valence-corrected chi connectivity index (χ1v) is 7.53. The molecule has 0 bridgehead atoms. The van der Waals surface area contributed by atoms with Crippen LogP contribution in [0.2, 0.25) is 5.02 Å². The Morgan fingerprint density at radius 3 is 2.50 bits per heavy atom. The second-order valence-corrected chi connectivity index (χ2v) is 5.46. The summed E-state index contributed by atoms with van der Waals surface area (Å²) in [6, 6.07) is 11.5. The fourth-order valence-corrected chi connectivity index (χ4v) is 2.10. The van der Waals surface area contributed by atoms with E-state index in [0.29, 0.717) is 5.02 Å². The van der Waals surface area contributed by atoms with Gasteiger partial charge < -0.3 is 10.1 Å². The maximum Gasteiger partial charge on any atom is 0.416 e. The maximum absolute atomic E-state index is 12.6. The summed E-state index contributed by atoms with van der Waals surface area (Å²) in [5, 5.41) is 3.23. The van der Waals surface area contributed by atoms with Gasteiger partial charge in [0, 0.05) is 5.02 Å². The molecule has 0 fully saturated rings. The molecule has 0 radical (unpaired) electrons. The first kappa shape index (κ1) is 18.1. The lowest BCUT2D eigenvalue weighted by atomic mass is 10.1. The minimum Gasteiger partial charge on any atom is -0.492 e. The molecule has 1 N–H and O–H groups in total. The van der Waals surface area contributed by atoms with Crippen LogP contribution in [0.4, 0.5) is 13.2 Å². The Morgan fingerprint density at radius 2 is 1.83 bits per heavy atom. The molecule has 0 aliphatic carbocycles. The average Bonchev–Trinajstić information content (AvgIpc) is 2.53. The number of nitrogens with one attached hydrogen (secondary N) is 1. The van der Waals surface area contributed by atoms with Gasteiger partial charge >= 0.3 is 6.18 Å². The number of carbonyl (C=O) groups is 1. The number of carbonyl (C=O) groups excluding carboxylic acids is 1. The van der Waals surface area contributed by atoms with Crippen LogP contribution in [0.1, 0.15) is 11.1 Å². The summed E-state index contributed by atoms with van der Waals surface area (Å²) in [5.41, 5.74) is 0.0440. The molecule has 24 heavy (non-hydrogen) atoms. The number of hydrogen-bond donors (Lipinski definition) is 1. The minimum absolute atomic E-state index is 0.0771. The van der Waals surface area contributed by atoms with E-state index in [4.69, 9.17) is 16.3 Å². The van der Waals surface area contributed by atoms with Crippen LogP contribution in [0.15, 0.2) is 48.5 Å². The van der Waals surface area contributed by atoms with Gasteiger partial charge in [-0.1, -0.05) is 29.8 Å². The fraction of sp³-hybridized carbons (Fsp3) is 0.235. The van der Waals surface area contributed by atoms with E-state index in [2.05, 4.69) is 5.32 Å². The van der Waals surface area contributed by atoms with Gasteiger partial charge in [0.1, 0.15) is 12.4 Å². The van der Waals surface area contributed by atoms with Crippen LogP contribution in [0, 0.1) is 0 Å². The van der Waals surface area contributed by atoms with E-state index >= 15 is 0 Å². The standard InChI is InChI=1S/C17H15ClF3NO2/c18-14-6-4-12(5-7-14)10-16(23)22-8-9-24-15-3-1-2-13(11-15)17(19,20)21/h1-7,11H,8-10H2,(H,22,23). The van der Waals surface area contributed by atoms with E-state index in [-0.39, 0.29) is 31.2 Å². The average molecular weight is 358 g/mol. The highest BCUT2D eigenvalue weighted by atomic mass is 35.5. The van der Waals surface area contributed by atoms with Gasteiger partial charge in [-0.2, -0.15) is 13.2 Å². The van der Waals surface area contributed by atoms with Crippen molar-refractivity contribution in [1.29, 1.82) is 0 Å². The third kappa shape index (κ3) is 5.77. The Balaban J connectivity index is 1.74. The summed E-state index contributed by atoms with van der Waals surface area (Å²) >= 11 is 5.76. The number of amides is 1. The molecule has 1 amide bonds. The number of ether oxygens (including phenoxy) is 1. The minimum atomic E-state index is -4.41. The number of alkyl halides is 3. The third-order valence-corrected chi connectivity index (χ3v) is 3.38. The molecule has 0 unspecified atom stereocenters.